The van der Waals surface area contributed by atoms with Gasteiger partial charge >= 0.3 is 0 Å². The van der Waals surface area contributed by atoms with Gasteiger partial charge in [-0.1, -0.05) is 0 Å². The van der Waals surface area contributed by atoms with Crippen molar-refractivity contribution >= 4 is 11.9 Å². The SMILES string of the molecule is C1=C2CCCC2NSc2c[nH]cc2O1. The number of hydrogen-bond donors (Lipinski definition) is 2. The lowest BCUT2D eigenvalue weighted by atomic mass is 10.2. The van der Waals surface area contributed by atoms with E-state index in [9.17, 15) is 0 Å². The van der Waals surface area contributed by atoms with Gasteiger partial charge in [-0.25, -0.2) is 0 Å². The third-order valence-corrected chi connectivity index (χ3v) is 3.67. The highest BCUT2D eigenvalue weighted by Gasteiger charge is 2.23. The summed E-state index contributed by atoms with van der Waals surface area (Å²) in [6, 6.07) is 0.503. The zero-order valence-electron chi connectivity index (χ0n) is 7.75. The topological polar surface area (TPSA) is 37.0 Å². The van der Waals surface area contributed by atoms with Crippen molar-refractivity contribution in [3.05, 3.63) is 24.2 Å². The van der Waals surface area contributed by atoms with E-state index in [1.54, 1.807) is 11.9 Å². The van der Waals surface area contributed by atoms with E-state index in [0.717, 1.165) is 17.1 Å². The Morgan fingerprint density at radius 2 is 2.43 bits per heavy atom. The predicted octanol–water partition coefficient (Wildman–Crippen LogP) is 2.44. The minimum Gasteiger partial charge on any atom is -0.462 e. The Kier molecular flexibility index (Phi) is 2.03. The summed E-state index contributed by atoms with van der Waals surface area (Å²) in [4.78, 5) is 4.18. The Balaban J connectivity index is 1.92. The molecule has 4 heteroatoms. The van der Waals surface area contributed by atoms with Gasteiger partial charge in [-0.05, 0) is 36.8 Å². The molecule has 2 N–H and O–H groups in total. The zero-order chi connectivity index (χ0) is 9.38. The molecule has 3 nitrogen and oxygen atoms in total. The minimum absolute atomic E-state index is 0.503. The van der Waals surface area contributed by atoms with Crippen molar-refractivity contribution in [2.24, 2.45) is 0 Å². The van der Waals surface area contributed by atoms with Crippen molar-refractivity contribution in [2.45, 2.75) is 30.2 Å². The highest BCUT2D eigenvalue weighted by molar-refractivity contribution is 7.97. The number of ether oxygens (including phenoxy) is 1. The Morgan fingerprint density at radius 1 is 1.43 bits per heavy atom. The zero-order valence-corrected chi connectivity index (χ0v) is 8.56. The molecule has 14 heavy (non-hydrogen) atoms. The summed E-state index contributed by atoms with van der Waals surface area (Å²) in [6.07, 6.45) is 9.41. The highest BCUT2D eigenvalue weighted by atomic mass is 32.2. The van der Waals surface area contributed by atoms with Gasteiger partial charge in [-0.3, -0.25) is 4.72 Å². The average Bonchev–Trinajstić information content (AvgIpc) is 2.75. The molecule has 1 atom stereocenters. The van der Waals surface area contributed by atoms with Crippen molar-refractivity contribution in [3.63, 3.8) is 0 Å². The van der Waals surface area contributed by atoms with E-state index in [1.807, 2.05) is 18.7 Å². The van der Waals surface area contributed by atoms with Gasteiger partial charge in [0, 0.05) is 18.4 Å². The van der Waals surface area contributed by atoms with Crippen LogP contribution >= 0.6 is 11.9 Å². The molecule has 2 heterocycles. The lowest BCUT2D eigenvalue weighted by Crippen LogP contribution is -2.22. The second kappa shape index (κ2) is 3.37. The number of nitrogens with one attached hydrogen (secondary N) is 2. The maximum absolute atomic E-state index is 5.63. The first-order valence-corrected chi connectivity index (χ1v) is 5.70. The summed E-state index contributed by atoms with van der Waals surface area (Å²) in [7, 11) is 0. The molecule has 0 radical (unpaired) electrons. The van der Waals surface area contributed by atoms with Crippen molar-refractivity contribution in [1.82, 2.24) is 9.71 Å². The van der Waals surface area contributed by atoms with Crippen LogP contribution in [0.2, 0.25) is 0 Å². The van der Waals surface area contributed by atoms with Crippen molar-refractivity contribution in [1.29, 1.82) is 0 Å². The number of aromatic amines is 1. The van der Waals surface area contributed by atoms with Gasteiger partial charge in [-0.2, -0.15) is 0 Å². The summed E-state index contributed by atoms with van der Waals surface area (Å²) in [5.74, 6) is 0.917. The molecule has 0 aromatic carbocycles. The normalized spacial score (nSPS) is 25.4. The van der Waals surface area contributed by atoms with Crippen LogP contribution < -0.4 is 9.46 Å². The molecule has 1 unspecified atom stereocenters. The molecule has 1 aromatic rings. The van der Waals surface area contributed by atoms with Crippen LogP contribution in [-0.4, -0.2) is 11.0 Å². The van der Waals surface area contributed by atoms with E-state index in [2.05, 4.69) is 9.71 Å². The second-order valence-electron chi connectivity index (χ2n) is 3.66. The molecule has 0 spiro atoms. The highest BCUT2D eigenvalue weighted by Crippen LogP contribution is 2.34. The number of fused-ring (bicyclic) bond motifs is 2. The fourth-order valence-corrected chi connectivity index (χ4v) is 2.80. The van der Waals surface area contributed by atoms with Gasteiger partial charge in [0.1, 0.15) is 0 Å². The summed E-state index contributed by atoms with van der Waals surface area (Å²) in [5, 5.41) is 0. The van der Waals surface area contributed by atoms with Gasteiger partial charge in [0.15, 0.2) is 5.75 Å². The van der Waals surface area contributed by atoms with E-state index in [-0.39, 0.29) is 0 Å². The van der Waals surface area contributed by atoms with Crippen molar-refractivity contribution in [2.75, 3.05) is 0 Å². The van der Waals surface area contributed by atoms with Gasteiger partial charge < -0.3 is 9.72 Å². The number of hydrogen-bond acceptors (Lipinski definition) is 3. The first-order valence-electron chi connectivity index (χ1n) is 4.88. The van der Waals surface area contributed by atoms with E-state index < -0.39 is 0 Å². The van der Waals surface area contributed by atoms with E-state index in [1.165, 1.54) is 18.4 Å². The van der Waals surface area contributed by atoms with E-state index in [4.69, 9.17) is 4.74 Å². The molecule has 2 aliphatic rings. The van der Waals surface area contributed by atoms with Gasteiger partial charge in [0.2, 0.25) is 0 Å². The summed E-state index contributed by atoms with van der Waals surface area (Å²) in [6.45, 7) is 0. The fraction of sp³-hybridized carbons (Fsp3) is 0.400. The lowest BCUT2D eigenvalue weighted by Gasteiger charge is -2.16. The van der Waals surface area contributed by atoms with Crippen LogP contribution in [-0.2, 0) is 0 Å². The number of rotatable bonds is 0. The molecular weight excluding hydrogens is 196 g/mol. The molecule has 0 saturated heterocycles. The largest absolute Gasteiger partial charge is 0.462 e. The molecule has 1 fully saturated rings. The summed E-state index contributed by atoms with van der Waals surface area (Å²) >= 11 is 1.66. The van der Waals surface area contributed by atoms with Crippen LogP contribution in [0.1, 0.15) is 19.3 Å². The fourth-order valence-electron chi connectivity index (χ4n) is 1.93. The molecule has 3 rings (SSSR count). The summed E-state index contributed by atoms with van der Waals surface area (Å²) in [5.41, 5.74) is 1.39. The van der Waals surface area contributed by atoms with Crippen LogP contribution in [0, 0.1) is 0 Å². The molecule has 1 saturated carbocycles. The Bertz CT molecular complexity index is 372. The number of H-pyrrole nitrogens is 1. The molecule has 1 aromatic heterocycles. The minimum atomic E-state index is 0.503. The molecule has 0 bridgehead atoms. The van der Waals surface area contributed by atoms with Crippen LogP contribution in [0.3, 0.4) is 0 Å². The van der Waals surface area contributed by atoms with Crippen LogP contribution in [0.4, 0.5) is 0 Å². The first kappa shape index (κ1) is 8.44. The smallest absolute Gasteiger partial charge is 0.158 e. The molecule has 1 aliphatic heterocycles. The third kappa shape index (κ3) is 1.35. The molecule has 1 aliphatic carbocycles. The quantitative estimate of drug-likeness (QED) is 0.643. The molecule has 74 valence electrons. The average molecular weight is 208 g/mol. The third-order valence-electron chi connectivity index (χ3n) is 2.73. The van der Waals surface area contributed by atoms with E-state index in [0.29, 0.717) is 6.04 Å². The predicted molar refractivity (Wildman–Crippen MR) is 56.1 cm³/mol. The molecule has 0 amide bonds. The second-order valence-corrected chi connectivity index (χ2v) is 4.54. The van der Waals surface area contributed by atoms with Crippen LogP contribution in [0.5, 0.6) is 5.75 Å². The van der Waals surface area contributed by atoms with E-state index >= 15 is 0 Å². The standard InChI is InChI=1S/C10H12N2OS/c1-2-7-6-13-9-4-11-5-10(9)14-12-8(7)3-1/h4-6,8,11-12H,1-3H2. The Morgan fingerprint density at radius 3 is 3.43 bits per heavy atom. The Labute approximate surface area is 87.1 Å². The maximum Gasteiger partial charge on any atom is 0.158 e. The summed E-state index contributed by atoms with van der Waals surface area (Å²) < 4.78 is 9.10. The van der Waals surface area contributed by atoms with Gasteiger partial charge in [-0.15, -0.1) is 0 Å². The van der Waals surface area contributed by atoms with Crippen molar-refractivity contribution in [3.8, 4) is 5.75 Å². The van der Waals surface area contributed by atoms with Crippen LogP contribution in [0.15, 0.2) is 29.1 Å². The molecular formula is C10H12N2OS. The van der Waals surface area contributed by atoms with Crippen molar-refractivity contribution < 1.29 is 4.74 Å². The maximum atomic E-state index is 5.63. The van der Waals surface area contributed by atoms with Gasteiger partial charge in [0.05, 0.1) is 11.2 Å². The Hall–Kier alpha value is -0.870. The lowest BCUT2D eigenvalue weighted by molar-refractivity contribution is 0.458. The van der Waals surface area contributed by atoms with Crippen LogP contribution in [0.25, 0.3) is 0 Å². The monoisotopic (exact) mass is 208 g/mol. The first-order chi connectivity index (χ1) is 6.93. The van der Waals surface area contributed by atoms with Gasteiger partial charge in [0.25, 0.3) is 0 Å². The number of aromatic nitrogens is 1.